The Bertz CT molecular complexity index is 650. The summed E-state index contributed by atoms with van der Waals surface area (Å²) in [5.41, 5.74) is 1.44. The average Bonchev–Trinajstić information content (AvgIpc) is 3.29. The number of likely N-dealkylation sites (tertiary alicyclic amines) is 1. The molecule has 0 amide bonds. The monoisotopic (exact) mass is 339 g/mol. The molecule has 0 aliphatic carbocycles. The Morgan fingerprint density at radius 1 is 1.32 bits per heavy atom. The molecule has 134 valence electrons. The van der Waals surface area contributed by atoms with E-state index in [1.165, 1.54) is 12.0 Å². The molecule has 2 aromatic rings. The van der Waals surface area contributed by atoms with Gasteiger partial charge in [-0.2, -0.15) is 5.10 Å². The number of hydrogen-bond donors (Lipinski definition) is 1. The normalized spacial score (nSPS) is 19.2. The van der Waals surface area contributed by atoms with E-state index in [4.69, 9.17) is 0 Å². The summed E-state index contributed by atoms with van der Waals surface area (Å²) in [6.45, 7) is 6.25. The van der Waals surface area contributed by atoms with Crippen LogP contribution in [0.1, 0.15) is 18.9 Å². The molecule has 25 heavy (non-hydrogen) atoms. The number of guanidine groups is 1. The van der Waals surface area contributed by atoms with Gasteiger partial charge >= 0.3 is 0 Å². The number of rotatable bonds is 6. The zero-order chi connectivity index (χ0) is 17.5. The van der Waals surface area contributed by atoms with Gasteiger partial charge in [-0.1, -0.05) is 37.3 Å². The second-order valence-corrected chi connectivity index (χ2v) is 7.05. The summed E-state index contributed by atoms with van der Waals surface area (Å²) in [5.74, 6) is 2.24. The quantitative estimate of drug-likeness (QED) is 0.650. The van der Waals surface area contributed by atoms with Crippen LogP contribution in [0.5, 0.6) is 0 Å². The van der Waals surface area contributed by atoms with Crippen molar-refractivity contribution in [3.8, 4) is 0 Å². The summed E-state index contributed by atoms with van der Waals surface area (Å²) in [6.07, 6.45) is 6.23. The Morgan fingerprint density at radius 2 is 2.16 bits per heavy atom. The fourth-order valence-corrected chi connectivity index (χ4v) is 3.53. The van der Waals surface area contributed by atoms with Gasteiger partial charge in [0.1, 0.15) is 0 Å². The first kappa shape index (κ1) is 17.5. The number of nitrogens with one attached hydrogen (secondary N) is 1. The van der Waals surface area contributed by atoms with Crippen molar-refractivity contribution in [3.63, 3.8) is 0 Å². The maximum atomic E-state index is 4.49. The zero-order valence-corrected chi connectivity index (χ0v) is 15.3. The first-order valence-electron chi connectivity index (χ1n) is 9.21. The maximum absolute atomic E-state index is 4.49. The van der Waals surface area contributed by atoms with Crippen LogP contribution < -0.4 is 5.32 Å². The summed E-state index contributed by atoms with van der Waals surface area (Å²) >= 11 is 0. The van der Waals surface area contributed by atoms with Crippen LogP contribution in [-0.4, -0.2) is 47.3 Å². The van der Waals surface area contributed by atoms with Gasteiger partial charge in [-0.25, -0.2) is 0 Å². The van der Waals surface area contributed by atoms with Crippen LogP contribution in [0.25, 0.3) is 0 Å². The van der Waals surface area contributed by atoms with Gasteiger partial charge in [0.2, 0.25) is 0 Å². The molecule has 1 fully saturated rings. The fourth-order valence-electron chi connectivity index (χ4n) is 3.53. The fraction of sp³-hybridized carbons (Fsp3) is 0.500. The van der Waals surface area contributed by atoms with Crippen molar-refractivity contribution in [2.75, 3.05) is 26.7 Å². The van der Waals surface area contributed by atoms with Crippen molar-refractivity contribution in [1.82, 2.24) is 20.0 Å². The number of benzene rings is 1. The average molecular weight is 339 g/mol. The number of aromatic nitrogens is 2. The van der Waals surface area contributed by atoms with E-state index in [-0.39, 0.29) is 0 Å². The van der Waals surface area contributed by atoms with Gasteiger partial charge in [-0.3, -0.25) is 9.67 Å². The molecule has 0 bridgehead atoms. The van der Waals surface area contributed by atoms with Gasteiger partial charge in [-0.15, -0.1) is 0 Å². The van der Waals surface area contributed by atoms with Gasteiger partial charge in [-0.05, 0) is 36.3 Å². The predicted octanol–water partition coefficient (Wildman–Crippen LogP) is 2.66. The molecule has 0 saturated carbocycles. The molecule has 0 spiro atoms. The van der Waals surface area contributed by atoms with E-state index in [0.29, 0.717) is 11.8 Å². The van der Waals surface area contributed by atoms with E-state index < -0.39 is 0 Å². The standard InChI is InChI=1S/C20H29N5/c1-17(15-25-11-6-10-23-25)14-22-20(21-2)24-12-9-19(16-24)13-18-7-4-3-5-8-18/h3-8,10-11,17,19H,9,12-16H2,1-2H3,(H,21,22). The third-order valence-corrected chi connectivity index (χ3v) is 4.83. The molecule has 5 nitrogen and oxygen atoms in total. The second kappa shape index (κ2) is 8.70. The third kappa shape index (κ3) is 5.08. The lowest BCUT2D eigenvalue weighted by Gasteiger charge is -2.23. The molecule has 2 unspecified atom stereocenters. The van der Waals surface area contributed by atoms with Crippen LogP contribution in [-0.2, 0) is 13.0 Å². The van der Waals surface area contributed by atoms with Crippen molar-refractivity contribution < 1.29 is 0 Å². The van der Waals surface area contributed by atoms with E-state index in [0.717, 1.165) is 38.6 Å². The zero-order valence-electron chi connectivity index (χ0n) is 15.3. The number of aliphatic imine (C=N–C) groups is 1. The van der Waals surface area contributed by atoms with Crippen LogP contribution >= 0.6 is 0 Å². The predicted molar refractivity (Wildman–Crippen MR) is 103 cm³/mol. The minimum absolute atomic E-state index is 0.499. The van der Waals surface area contributed by atoms with Gasteiger partial charge in [0.25, 0.3) is 0 Å². The van der Waals surface area contributed by atoms with Crippen LogP contribution in [0.4, 0.5) is 0 Å². The number of hydrogen-bond acceptors (Lipinski definition) is 2. The van der Waals surface area contributed by atoms with Gasteiger partial charge in [0, 0.05) is 45.6 Å². The lowest BCUT2D eigenvalue weighted by molar-refractivity contribution is 0.420. The highest BCUT2D eigenvalue weighted by molar-refractivity contribution is 5.80. The smallest absolute Gasteiger partial charge is 0.193 e. The molecule has 1 aromatic heterocycles. The highest BCUT2D eigenvalue weighted by Crippen LogP contribution is 2.20. The van der Waals surface area contributed by atoms with Crippen LogP contribution in [0.2, 0.25) is 0 Å². The summed E-state index contributed by atoms with van der Waals surface area (Å²) in [5, 5.41) is 7.82. The largest absolute Gasteiger partial charge is 0.356 e. The van der Waals surface area contributed by atoms with E-state index in [2.05, 4.69) is 57.6 Å². The van der Waals surface area contributed by atoms with Crippen LogP contribution in [0.3, 0.4) is 0 Å². The Balaban J connectivity index is 1.45. The Kier molecular flexibility index (Phi) is 6.09. The second-order valence-electron chi connectivity index (χ2n) is 7.05. The first-order chi connectivity index (χ1) is 12.2. The molecular weight excluding hydrogens is 310 g/mol. The highest BCUT2D eigenvalue weighted by Gasteiger charge is 2.25. The third-order valence-electron chi connectivity index (χ3n) is 4.83. The van der Waals surface area contributed by atoms with E-state index in [1.807, 2.05) is 30.2 Å². The maximum Gasteiger partial charge on any atom is 0.193 e. The van der Waals surface area contributed by atoms with Crippen molar-refractivity contribution >= 4 is 5.96 Å². The molecule has 2 heterocycles. The number of nitrogens with zero attached hydrogens (tertiary/aromatic N) is 4. The Hall–Kier alpha value is -2.30. The molecule has 2 atom stereocenters. The SMILES string of the molecule is CN=C(NCC(C)Cn1cccn1)N1CCC(Cc2ccccc2)C1. The highest BCUT2D eigenvalue weighted by atomic mass is 15.3. The van der Waals surface area contributed by atoms with E-state index in [9.17, 15) is 0 Å². The summed E-state index contributed by atoms with van der Waals surface area (Å²) in [7, 11) is 1.88. The lowest BCUT2D eigenvalue weighted by Crippen LogP contribution is -2.42. The molecular formula is C20H29N5. The molecule has 0 radical (unpaired) electrons. The van der Waals surface area contributed by atoms with Crippen molar-refractivity contribution in [3.05, 3.63) is 54.4 Å². The first-order valence-corrected chi connectivity index (χ1v) is 9.21. The van der Waals surface area contributed by atoms with E-state index in [1.54, 1.807) is 0 Å². The van der Waals surface area contributed by atoms with Crippen LogP contribution in [0.15, 0.2) is 53.8 Å². The minimum Gasteiger partial charge on any atom is -0.356 e. The van der Waals surface area contributed by atoms with E-state index >= 15 is 0 Å². The van der Waals surface area contributed by atoms with Crippen LogP contribution in [0, 0.1) is 11.8 Å². The summed E-state index contributed by atoms with van der Waals surface area (Å²) < 4.78 is 1.99. The summed E-state index contributed by atoms with van der Waals surface area (Å²) in [4.78, 5) is 6.89. The molecule has 1 saturated heterocycles. The van der Waals surface area contributed by atoms with Crippen molar-refractivity contribution in [1.29, 1.82) is 0 Å². The molecule has 1 aromatic carbocycles. The van der Waals surface area contributed by atoms with Crippen molar-refractivity contribution in [2.24, 2.45) is 16.8 Å². The molecule has 1 aliphatic rings. The summed E-state index contributed by atoms with van der Waals surface area (Å²) in [6, 6.07) is 12.8. The molecule has 5 heteroatoms. The van der Waals surface area contributed by atoms with Gasteiger partial charge < -0.3 is 10.2 Å². The van der Waals surface area contributed by atoms with Gasteiger partial charge in [0.05, 0.1) is 0 Å². The Morgan fingerprint density at radius 3 is 2.88 bits per heavy atom. The molecule has 1 aliphatic heterocycles. The topological polar surface area (TPSA) is 45.5 Å². The minimum atomic E-state index is 0.499. The van der Waals surface area contributed by atoms with Crippen molar-refractivity contribution in [2.45, 2.75) is 26.3 Å². The van der Waals surface area contributed by atoms with Gasteiger partial charge in [0.15, 0.2) is 5.96 Å². The Labute approximate surface area is 150 Å². The lowest BCUT2D eigenvalue weighted by atomic mass is 9.99. The molecule has 3 rings (SSSR count). The molecule has 1 N–H and O–H groups in total.